The first-order valence-electron chi connectivity index (χ1n) is 9.67. The van der Waals surface area contributed by atoms with Crippen LogP contribution in [0.4, 0.5) is 5.69 Å². The van der Waals surface area contributed by atoms with E-state index < -0.39 is 0 Å². The highest BCUT2D eigenvalue weighted by atomic mass is 16.2. The van der Waals surface area contributed by atoms with E-state index in [9.17, 15) is 9.59 Å². The number of nitrogens with two attached hydrogens (primary N) is 1. The molecule has 3 N–H and O–H groups in total. The van der Waals surface area contributed by atoms with E-state index in [1.54, 1.807) is 24.3 Å². The normalized spacial score (nSPS) is 13.3. The molecule has 4 heteroatoms. The number of benzene rings is 2. The molecular formula is C23H31N2O2+. The summed E-state index contributed by atoms with van der Waals surface area (Å²) in [5.74, 6) is 0.382. The van der Waals surface area contributed by atoms with Crippen LogP contribution in [0.1, 0.15) is 62.1 Å². The second-order valence-corrected chi connectivity index (χ2v) is 7.47. The van der Waals surface area contributed by atoms with E-state index in [-0.39, 0.29) is 23.8 Å². The fraction of sp³-hybridized carbons (Fsp3) is 0.391. The van der Waals surface area contributed by atoms with Crippen LogP contribution < -0.4 is 10.6 Å². The van der Waals surface area contributed by atoms with Crippen molar-refractivity contribution >= 4 is 17.4 Å². The minimum atomic E-state index is -0.226. The van der Waals surface area contributed by atoms with Crippen LogP contribution in [0.2, 0.25) is 0 Å². The summed E-state index contributed by atoms with van der Waals surface area (Å²) in [7, 11) is 0. The number of ketones is 1. The van der Waals surface area contributed by atoms with Gasteiger partial charge in [0.2, 0.25) is 0 Å². The molecule has 0 saturated carbocycles. The predicted octanol–water partition coefficient (Wildman–Crippen LogP) is 3.74. The number of nitrogens with one attached hydrogen (secondary N) is 1. The van der Waals surface area contributed by atoms with Crippen molar-refractivity contribution in [3.05, 3.63) is 65.2 Å². The number of Topliss-reactive ketones (excluding diaryl/α,β-unsaturated/α-hetero) is 1. The first-order chi connectivity index (χ1) is 12.8. The Bertz CT molecular complexity index is 764. The quantitative estimate of drug-likeness (QED) is 0.698. The Morgan fingerprint density at radius 2 is 1.56 bits per heavy atom. The molecular weight excluding hydrogens is 336 g/mol. The van der Waals surface area contributed by atoms with Gasteiger partial charge in [0.1, 0.15) is 6.04 Å². The fourth-order valence-corrected chi connectivity index (χ4v) is 3.14. The molecule has 2 aromatic carbocycles. The molecule has 0 spiro atoms. The smallest absolute Gasteiger partial charge is 0.282 e. The van der Waals surface area contributed by atoms with Gasteiger partial charge in [0, 0.05) is 22.7 Å². The number of carbonyl (C=O) groups is 2. The summed E-state index contributed by atoms with van der Waals surface area (Å²) < 4.78 is 0. The molecule has 2 rings (SSSR count). The molecule has 0 fully saturated rings. The van der Waals surface area contributed by atoms with Gasteiger partial charge in [0.25, 0.3) is 5.91 Å². The van der Waals surface area contributed by atoms with Crippen molar-refractivity contribution in [1.82, 2.24) is 0 Å². The minimum absolute atomic E-state index is 0.0171. The largest absolute Gasteiger partial charge is 0.330 e. The van der Waals surface area contributed by atoms with Gasteiger partial charge in [-0.15, -0.1) is 0 Å². The molecule has 0 unspecified atom stereocenters. The van der Waals surface area contributed by atoms with Gasteiger partial charge in [0.15, 0.2) is 11.8 Å². The topological polar surface area (TPSA) is 62.8 Å². The number of anilines is 1. The number of hydrogen-bond donors (Lipinski definition) is 2. The zero-order chi connectivity index (χ0) is 20.0. The first-order valence-corrected chi connectivity index (χ1v) is 9.67. The van der Waals surface area contributed by atoms with E-state index in [1.807, 2.05) is 6.92 Å². The van der Waals surface area contributed by atoms with Gasteiger partial charge in [-0.2, -0.15) is 0 Å². The summed E-state index contributed by atoms with van der Waals surface area (Å²) in [6.07, 6.45) is 1.03. The molecule has 0 aliphatic carbocycles. The van der Waals surface area contributed by atoms with Crippen molar-refractivity contribution in [2.24, 2.45) is 5.92 Å². The number of quaternary nitrogens is 1. The standard InChI is InChI=1S/C23H30N2O2/c1-6-18-7-9-20(10-8-18)22(15(2)3)24-16(4)23(27)25-21-13-11-19(12-14-21)17(5)26/h7-16,22,24H,6H2,1-5H3,(H,25,27)/p+1/t16-,22-/m0/s1. The molecule has 0 aliphatic heterocycles. The van der Waals surface area contributed by atoms with E-state index in [1.165, 1.54) is 18.1 Å². The van der Waals surface area contributed by atoms with Crippen molar-refractivity contribution in [3.63, 3.8) is 0 Å². The van der Waals surface area contributed by atoms with Gasteiger partial charge in [-0.3, -0.25) is 9.59 Å². The maximum Gasteiger partial charge on any atom is 0.282 e. The Hall–Kier alpha value is -2.46. The van der Waals surface area contributed by atoms with Crippen molar-refractivity contribution in [1.29, 1.82) is 0 Å². The van der Waals surface area contributed by atoms with E-state index in [4.69, 9.17) is 0 Å². The van der Waals surface area contributed by atoms with Crippen molar-refractivity contribution in [2.75, 3.05) is 5.32 Å². The average molecular weight is 368 g/mol. The van der Waals surface area contributed by atoms with Crippen molar-refractivity contribution in [2.45, 2.75) is 53.1 Å². The zero-order valence-corrected chi connectivity index (χ0v) is 17.0. The van der Waals surface area contributed by atoms with E-state index in [0.29, 0.717) is 17.2 Å². The zero-order valence-electron chi connectivity index (χ0n) is 17.0. The van der Waals surface area contributed by atoms with Crippen LogP contribution in [0.3, 0.4) is 0 Å². The van der Waals surface area contributed by atoms with E-state index >= 15 is 0 Å². The van der Waals surface area contributed by atoms with Gasteiger partial charge in [-0.25, -0.2) is 0 Å². The maximum absolute atomic E-state index is 12.6. The van der Waals surface area contributed by atoms with Crippen LogP contribution >= 0.6 is 0 Å². The SMILES string of the molecule is CCc1ccc([C@@H]([NH2+][C@@H](C)C(=O)Nc2ccc(C(C)=O)cc2)C(C)C)cc1. The maximum atomic E-state index is 12.6. The third kappa shape index (κ3) is 5.76. The van der Waals surface area contributed by atoms with Gasteiger partial charge >= 0.3 is 0 Å². The van der Waals surface area contributed by atoms with Crippen LogP contribution in [0.25, 0.3) is 0 Å². The molecule has 0 aliphatic rings. The Kier molecular flexibility index (Phi) is 7.31. The van der Waals surface area contributed by atoms with Gasteiger partial charge in [-0.05, 0) is 50.1 Å². The number of hydrogen-bond acceptors (Lipinski definition) is 2. The average Bonchev–Trinajstić information content (AvgIpc) is 2.66. The Labute approximate surface area is 162 Å². The molecule has 4 nitrogen and oxygen atoms in total. The van der Waals surface area contributed by atoms with E-state index in [0.717, 1.165) is 6.42 Å². The summed E-state index contributed by atoms with van der Waals surface area (Å²) in [5, 5.41) is 5.07. The number of carbonyl (C=O) groups excluding carboxylic acids is 2. The summed E-state index contributed by atoms with van der Waals surface area (Å²) in [4.78, 5) is 24.0. The second kappa shape index (κ2) is 9.47. The van der Waals surface area contributed by atoms with Crippen molar-refractivity contribution < 1.29 is 14.9 Å². The lowest BCUT2D eigenvalue weighted by atomic mass is 9.94. The van der Waals surface area contributed by atoms with Gasteiger partial charge < -0.3 is 10.6 Å². The molecule has 2 atom stereocenters. The molecule has 2 aromatic rings. The predicted molar refractivity (Wildman–Crippen MR) is 110 cm³/mol. The number of rotatable bonds is 8. The lowest BCUT2D eigenvalue weighted by Gasteiger charge is -2.23. The summed E-state index contributed by atoms with van der Waals surface area (Å²) in [5.41, 5.74) is 3.91. The summed E-state index contributed by atoms with van der Waals surface area (Å²) in [6.45, 7) is 9.97. The van der Waals surface area contributed by atoms with Crippen LogP contribution in [-0.4, -0.2) is 17.7 Å². The Morgan fingerprint density at radius 1 is 0.963 bits per heavy atom. The fourth-order valence-electron chi connectivity index (χ4n) is 3.14. The monoisotopic (exact) mass is 367 g/mol. The van der Waals surface area contributed by atoms with Gasteiger partial charge in [-0.1, -0.05) is 45.0 Å². The third-order valence-corrected chi connectivity index (χ3v) is 4.96. The first kappa shape index (κ1) is 20.8. The number of aryl methyl sites for hydroxylation is 1. The lowest BCUT2D eigenvalue weighted by Crippen LogP contribution is -2.93. The van der Waals surface area contributed by atoms with Crippen LogP contribution in [0.15, 0.2) is 48.5 Å². The molecule has 27 heavy (non-hydrogen) atoms. The highest BCUT2D eigenvalue weighted by molar-refractivity contribution is 5.96. The van der Waals surface area contributed by atoms with Crippen LogP contribution in [-0.2, 0) is 11.2 Å². The molecule has 0 saturated heterocycles. The molecule has 0 aromatic heterocycles. The summed E-state index contributed by atoms with van der Waals surface area (Å²) in [6, 6.07) is 15.7. The highest BCUT2D eigenvalue weighted by Gasteiger charge is 2.25. The molecule has 0 radical (unpaired) electrons. The van der Waals surface area contributed by atoms with Crippen molar-refractivity contribution in [3.8, 4) is 0 Å². The number of amides is 1. The highest BCUT2D eigenvalue weighted by Crippen LogP contribution is 2.19. The second-order valence-electron chi connectivity index (χ2n) is 7.47. The minimum Gasteiger partial charge on any atom is -0.330 e. The molecule has 144 valence electrons. The molecule has 1 amide bonds. The summed E-state index contributed by atoms with van der Waals surface area (Å²) >= 11 is 0. The lowest BCUT2D eigenvalue weighted by molar-refractivity contribution is -0.718. The van der Waals surface area contributed by atoms with Gasteiger partial charge in [0.05, 0.1) is 0 Å². The molecule has 0 heterocycles. The third-order valence-electron chi connectivity index (χ3n) is 4.96. The van der Waals surface area contributed by atoms with E-state index in [2.05, 4.69) is 55.7 Å². The van der Waals surface area contributed by atoms with Crippen LogP contribution in [0.5, 0.6) is 0 Å². The Morgan fingerprint density at radius 3 is 2.04 bits per heavy atom. The molecule has 0 bridgehead atoms. The van der Waals surface area contributed by atoms with Crippen LogP contribution in [0, 0.1) is 5.92 Å². The Balaban J connectivity index is 2.04.